The van der Waals surface area contributed by atoms with Crippen LogP contribution in [-0.2, 0) is 28.6 Å². The Morgan fingerprint density at radius 1 is 0.309 bits per heavy atom. The number of carbonyl (C=O) groups is 3. The van der Waals surface area contributed by atoms with Gasteiger partial charge in [0, 0.05) is 19.3 Å². The first-order chi connectivity index (χ1) is 33.5. The summed E-state index contributed by atoms with van der Waals surface area (Å²) in [5.74, 6) is -0.888. The van der Waals surface area contributed by atoms with Crippen LogP contribution in [0, 0.1) is 0 Å². The minimum atomic E-state index is -0.782. The topological polar surface area (TPSA) is 78.9 Å². The zero-order valence-electron chi connectivity index (χ0n) is 45.1. The lowest BCUT2D eigenvalue weighted by atomic mass is 10.0. The molecule has 0 N–H and O–H groups in total. The maximum absolute atomic E-state index is 12.9. The summed E-state index contributed by atoms with van der Waals surface area (Å²) >= 11 is 0. The Bertz CT molecular complexity index is 1230. The van der Waals surface area contributed by atoms with Crippen molar-refractivity contribution in [2.24, 2.45) is 0 Å². The van der Waals surface area contributed by atoms with Gasteiger partial charge in [-0.2, -0.15) is 0 Å². The molecule has 1 unspecified atom stereocenters. The Morgan fingerprint density at radius 2 is 0.574 bits per heavy atom. The Labute approximate surface area is 421 Å². The van der Waals surface area contributed by atoms with E-state index in [1.54, 1.807) is 0 Å². The molecular weight excluding hydrogens is 841 g/mol. The van der Waals surface area contributed by atoms with Gasteiger partial charge in [0.2, 0.25) is 0 Å². The van der Waals surface area contributed by atoms with E-state index in [0.29, 0.717) is 19.3 Å². The van der Waals surface area contributed by atoms with Crippen molar-refractivity contribution in [1.82, 2.24) is 0 Å². The molecule has 0 aromatic carbocycles. The van der Waals surface area contributed by atoms with Crippen LogP contribution in [0.5, 0.6) is 0 Å². The molecule has 0 heterocycles. The zero-order valence-corrected chi connectivity index (χ0v) is 45.1. The summed E-state index contributed by atoms with van der Waals surface area (Å²) < 4.78 is 16.9. The van der Waals surface area contributed by atoms with Gasteiger partial charge in [0.05, 0.1) is 0 Å². The van der Waals surface area contributed by atoms with Crippen LogP contribution in [0.15, 0.2) is 60.8 Å². The molecule has 68 heavy (non-hydrogen) atoms. The van der Waals surface area contributed by atoms with Crippen LogP contribution in [0.1, 0.15) is 297 Å². The van der Waals surface area contributed by atoms with Crippen molar-refractivity contribution in [2.45, 2.75) is 303 Å². The van der Waals surface area contributed by atoms with Gasteiger partial charge in [0.15, 0.2) is 6.10 Å². The molecule has 0 spiro atoms. The second-order valence-corrected chi connectivity index (χ2v) is 19.5. The SMILES string of the molecule is CC/C=C\C/C=C\C/C=C\C/C=C\CCCCCCCCC(=O)OCC(COC(=O)CCCCCCC/C=C\CCCCCCC)OC(=O)CCCCCCCCCCCCCCCCCCC. The molecule has 6 nitrogen and oxygen atoms in total. The third-order valence-corrected chi connectivity index (χ3v) is 12.8. The lowest BCUT2D eigenvalue weighted by molar-refractivity contribution is -0.167. The van der Waals surface area contributed by atoms with E-state index >= 15 is 0 Å². The number of hydrogen-bond donors (Lipinski definition) is 0. The van der Waals surface area contributed by atoms with Gasteiger partial charge in [-0.15, -0.1) is 0 Å². The van der Waals surface area contributed by atoms with Gasteiger partial charge in [-0.1, -0.05) is 255 Å². The van der Waals surface area contributed by atoms with E-state index in [1.807, 2.05) is 0 Å². The fourth-order valence-electron chi connectivity index (χ4n) is 8.37. The molecule has 0 saturated heterocycles. The maximum Gasteiger partial charge on any atom is 0.306 e. The summed E-state index contributed by atoms with van der Waals surface area (Å²) in [4.78, 5) is 38.2. The van der Waals surface area contributed by atoms with Gasteiger partial charge in [0.1, 0.15) is 13.2 Å². The van der Waals surface area contributed by atoms with Crippen molar-refractivity contribution in [1.29, 1.82) is 0 Å². The average molecular weight is 952 g/mol. The van der Waals surface area contributed by atoms with Crippen LogP contribution in [0.3, 0.4) is 0 Å². The van der Waals surface area contributed by atoms with Crippen LogP contribution in [0.2, 0.25) is 0 Å². The van der Waals surface area contributed by atoms with E-state index in [-0.39, 0.29) is 31.1 Å². The van der Waals surface area contributed by atoms with E-state index in [2.05, 4.69) is 81.5 Å². The lowest BCUT2D eigenvalue weighted by Gasteiger charge is -2.18. The number of unbranched alkanes of at least 4 members (excludes halogenated alkanes) is 32. The smallest absolute Gasteiger partial charge is 0.306 e. The van der Waals surface area contributed by atoms with Gasteiger partial charge in [-0.25, -0.2) is 0 Å². The Balaban J connectivity index is 4.38. The molecule has 0 fully saturated rings. The first kappa shape index (κ1) is 65.1. The first-order valence-corrected chi connectivity index (χ1v) is 29.3. The van der Waals surface area contributed by atoms with E-state index in [1.165, 1.54) is 161 Å². The number of hydrogen-bond acceptors (Lipinski definition) is 6. The Kier molecular flexibility index (Phi) is 54.3. The normalized spacial score (nSPS) is 12.5. The molecule has 0 radical (unpaired) electrons. The van der Waals surface area contributed by atoms with E-state index < -0.39 is 6.10 Å². The van der Waals surface area contributed by atoms with E-state index in [0.717, 1.165) is 96.3 Å². The van der Waals surface area contributed by atoms with Crippen LogP contribution in [0.4, 0.5) is 0 Å². The third-order valence-electron chi connectivity index (χ3n) is 12.8. The summed E-state index contributed by atoms with van der Waals surface area (Å²) in [5, 5.41) is 0. The van der Waals surface area contributed by atoms with Crippen LogP contribution < -0.4 is 0 Å². The van der Waals surface area contributed by atoms with Gasteiger partial charge in [0.25, 0.3) is 0 Å². The van der Waals surface area contributed by atoms with Crippen molar-refractivity contribution in [3.05, 3.63) is 60.8 Å². The molecule has 0 aliphatic rings. The minimum Gasteiger partial charge on any atom is -0.462 e. The summed E-state index contributed by atoms with van der Waals surface area (Å²) in [6.07, 6.45) is 70.6. The predicted molar refractivity (Wildman–Crippen MR) is 293 cm³/mol. The second kappa shape index (κ2) is 56.7. The largest absolute Gasteiger partial charge is 0.462 e. The number of allylic oxidation sites excluding steroid dienone is 10. The number of rotatable bonds is 53. The molecule has 394 valence electrons. The van der Waals surface area contributed by atoms with Crippen molar-refractivity contribution in [2.75, 3.05) is 13.2 Å². The molecule has 0 saturated carbocycles. The van der Waals surface area contributed by atoms with Gasteiger partial charge in [-0.05, 0) is 83.5 Å². The summed E-state index contributed by atoms with van der Waals surface area (Å²) in [6.45, 7) is 6.53. The predicted octanol–water partition coefficient (Wildman–Crippen LogP) is 19.6. The molecular formula is C62H110O6. The number of carbonyl (C=O) groups excluding carboxylic acids is 3. The maximum atomic E-state index is 12.9. The highest BCUT2D eigenvalue weighted by atomic mass is 16.6. The number of ether oxygens (including phenoxy) is 3. The molecule has 0 aromatic rings. The molecule has 0 bridgehead atoms. The van der Waals surface area contributed by atoms with E-state index in [9.17, 15) is 14.4 Å². The lowest BCUT2D eigenvalue weighted by Crippen LogP contribution is -2.30. The van der Waals surface area contributed by atoms with Crippen molar-refractivity contribution in [3.63, 3.8) is 0 Å². The second-order valence-electron chi connectivity index (χ2n) is 19.5. The standard InChI is InChI=1S/C62H110O6/c1-4-7-10-13-16-19-22-25-28-30-31-33-34-37-40-43-46-49-52-55-61(64)67-58-59(57-66-60(63)54-51-48-45-42-39-36-27-24-21-18-15-12-9-6-3)68-62(65)56-53-50-47-44-41-38-35-32-29-26-23-20-17-14-11-8-5-2/h7,10,16,19,24-25,27-28,31,33,59H,4-6,8-9,11-15,17-18,20-23,26,29-30,32,34-58H2,1-3H3/b10-7-,19-16-,27-24-,28-25-,33-31-. The molecule has 0 rings (SSSR count). The molecule has 0 aliphatic carbocycles. The fourth-order valence-corrected chi connectivity index (χ4v) is 8.37. The highest BCUT2D eigenvalue weighted by Crippen LogP contribution is 2.16. The van der Waals surface area contributed by atoms with Crippen LogP contribution in [-0.4, -0.2) is 37.2 Å². The van der Waals surface area contributed by atoms with Crippen molar-refractivity contribution < 1.29 is 28.6 Å². The van der Waals surface area contributed by atoms with Gasteiger partial charge < -0.3 is 14.2 Å². The molecule has 0 aromatic heterocycles. The van der Waals surface area contributed by atoms with Crippen molar-refractivity contribution in [3.8, 4) is 0 Å². The van der Waals surface area contributed by atoms with Crippen LogP contribution in [0.25, 0.3) is 0 Å². The molecule has 6 heteroatoms. The first-order valence-electron chi connectivity index (χ1n) is 29.3. The zero-order chi connectivity index (χ0) is 49.3. The third kappa shape index (κ3) is 54.1. The monoisotopic (exact) mass is 951 g/mol. The summed E-state index contributed by atoms with van der Waals surface area (Å²) in [7, 11) is 0. The highest BCUT2D eigenvalue weighted by molar-refractivity contribution is 5.71. The van der Waals surface area contributed by atoms with E-state index in [4.69, 9.17) is 14.2 Å². The average Bonchev–Trinajstić information content (AvgIpc) is 3.34. The Morgan fingerprint density at radius 3 is 0.912 bits per heavy atom. The highest BCUT2D eigenvalue weighted by Gasteiger charge is 2.19. The van der Waals surface area contributed by atoms with Gasteiger partial charge >= 0.3 is 17.9 Å². The molecule has 0 amide bonds. The molecule has 0 aliphatic heterocycles. The summed E-state index contributed by atoms with van der Waals surface area (Å²) in [6, 6.07) is 0. The Hall–Kier alpha value is -2.89. The van der Waals surface area contributed by atoms with Gasteiger partial charge in [-0.3, -0.25) is 14.4 Å². The van der Waals surface area contributed by atoms with Crippen LogP contribution >= 0.6 is 0 Å². The fraction of sp³-hybridized carbons (Fsp3) is 0.790. The van der Waals surface area contributed by atoms with Crippen molar-refractivity contribution >= 4 is 17.9 Å². The number of esters is 3. The molecule has 1 atom stereocenters. The minimum absolute atomic E-state index is 0.0806. The summed E-state index contributed by atoms with van der Waals surface area (Å²) in [5.41, 5.74) is 0. The quantitative estimate of drug-likeness (QED) is 0.0262.